The zero-order chi connectivity index (χ0) is 38.6. The lowest BCUT2D eigenvalue weighted by molar-refractivity contribution is 0.894. The van der Waals surface area contributed by atoms with Gasteiger partial charge in [0, 0.05) is 43.1 Å². The predicted octanol–water partition coefficient (Wildman–Crippen LogP) is 14.7. The summed E-state index contributed by atoms with van der Waals surface area (Å²) in [4.78, 5) is 13.3. The Bertz CT molecular complexity index is 3530. The second-order valence-electron chi connectivity index (χ2n) is 16.2. The van der Waals surface area contributed by atoms with Crippen molar-refractivity contribution >= 4 is 88.3 Å². The summed E-state index contributed by atoms with van der Waals surface area (Å²) in [5.74, 6) is 0.716. The van der Waals surface area contributed by atoms with Gasteiger partial charge in [0.2, 0.25) is 5.95 Å². The Hall–Kier alpha value is -6.69. The van der Waals surface area contributed by atoms with Gasteiger partial charge in [0.15, 0.2) is 0 Å². The van der Waals surface area contributed by atoms with Gasteiger partial charge in [0.1, 0.15) is 0 Å². The van der Waals surface area contributed by atoms with Gasteiger partial charge in [-0.1, -0.05) is 115 Å². The Morgan fingerprint density at radius 3 is 2.24 bits per heavy atom. The minimum atomic E-state index is 0.716. The Balaban J connectivity index is 0.999. The highest BCUT2D eigenvalue weighted by molar-refractivity contribution is 8.03. The molecule has 0 spiro atoms. The molecule has 6 aromatic carbocycles. The average molecular weight is 775 g/mol. The smallest absolute Gasteiger partial charge is 0.235 e. The summed E-state index contributed by atoms with van der Waals surface area (Å²) in [6.45, 7) is 0. The standard InChI is InChI=1S/C54H38N4S/c1-2-12-33(13-3-1)35-15-10-16-38(30-35)57-47-28-26-37(32-43(47)51-39-17-5-4-14-34(39)24-29-48(51)57)36-25-27-46-42(31-36)40-18-6-8-21-45(40)58(46)54-55-44-20-11-23-50-52(44)53(56-54)41-19-7-9-22-49(41)59-50/h1-2,4-8,11-12,14,16-21,23-32H,3,9-10,13,15,22H2. The zero-order valence-electron chi connectivity index (χ0n) is 32.5. The normalized spacial score (nSPS) is 16.4. The predicted molar refractivity (Wildman–Crippen MR) is 249 cm³/mol. The number of thioether (sulfide) groups is 1. The highest BCUT2D eigenvalue weighted by atomic mass is 32.2. The number of allylic oxidation sites excluding steroid dienone is 12. The maximum atomic E-state index is 5.41. The Morgan fingerprint density at radius 2 is 1.34 bits per heavy atom. The average Bonchev–Trinajstić information content (AvgIpc) is 3.82. The van der Waals surface area contributed by atoms with Crippen LogP contribution in [0.2, 0.25) is 0 Å². The van der Waals surface area contributed by atoms with Crippen LogP contribution in [0.1, 0.15) is 44.2 Å². The van der Waals surface area contributed by atoms with Crippen LogP contribution in [0.4, 0.5) is 0 Å². The highest BCUT2D eigenvalue weighted by Crippen LogP contribution is 2.48. The molecule has 0 unspecified atom stereocenters. The van der Waals surface area contributed by atoms with E-state index in [9.17, 15) is 0 Å². The number of hydrogen-bond acceptors (Lipinski definition) is 3. The second-order valence-corrected chi connectivity index (χ2v) is 17.4. The van der Waals surface area contributed by atoms with E-state index in [-0.39, 0.29) is 0 Å². The summed E-state index contributed by atoms with van der Waals surface area (Å²) in [5, 5.41) is 8.69. The van der Waals surface area contributed by atoms with E-state index < -0.39 is 0 Å². The largest absolute Gasteiger partial charge is 0.310 e. The van der Waals surface area contributed by atoms with E-state index in [0.29, 0.717) is 5.95 Å². The third kappa shape index (κ3) is 5.04. The van der Waals surface area contributed by atoms with E-state index in [1.807, 2.05) is 11.8 Å². The topological polar surface area (TPSA) is 35.6 Å². The SMILES string of the molecule is C1=CCCC(C2=CC(n3c4ccc(-c5ccc6c(c5)c5ccccc5n6-c5nc6c7c(cccc7n5)SC5=C6C=CCC5)cc4c4c5ccccc5ccc43)=CCC2)=C1. The molecule has 0 atom stereocenters. The van der Waals surface area contributed by atoms with E-state index in [1.54, 1.807) is 0 Å². The van der Waals surface area contributed by atoms with Crippen LogP contribution in [0.5, 0.6) is 0 Å². The van der Waals surface area contributed by atoms with Crippen LogP contribution in [0, 0.1) is 0 Å². The van der Waals surface area contributed by atoms with Gasteiger partial charge in [-0.15, -0.1) is 0 Å². The van der Waals surface area contributed by atoms with Crippen LogP contribution < -0.4 is 0 Å². The van der Waals surface area contributed by atoms with Crippen LogP contribution in [-0.2, 0) is 0 Å². The van der Waals surface area contributed by atoms with Gasteiger partial charge in [-0.25, -0.2) is 9.97 Å². The van der Waals surface area contributed by atoms with E-state index in [0.717, 1.165) is 66.2 Å². The minimum Gasteiger partial charge on any atom is -0.310 e. The molecule has 3 aromatic heterocycles. The van der Waals surface area contributed by atoms with Crippen molar-refractivity contribution in [2.45, 2.75) is 43.4 Å². The molecular weight excluding hydrogens is 737 g/mol. The third-order valence-electron chi connectivity index (χ3n) is 12.9. The molecule has 9 aromatic rings. The highest BCUT2D eigenvalue weighted by Gasteiger charge is 2.26. The first-order chi connectivity index (χ1) is 29.2. The fourth-order valence-corrected chi connectivity index (χ4v) is 11.4. The molecule has 0 radical (unpaired) electrons. The van der Waals surface area contributed by atoms with Crippen LogP contribution in [-0.4, -0.2) is 19.1 Å². The fourth-order valence-electron chi connectivity index (χ4n) is 10.2. The summed E-state index contributed by atoms with van der Waals surface area (Å²) in [7, 11) is 0. The first-order valence-corrected chi connectivity index (χ1v) is 21.7. The lowest BCUT2D eigenvalue weighted by Crippen LogP contribution is -2.08. The van der Waals surface area contributed by atoms with Gasteiger partial charge in [0.25, 0.3) is 0 Å². The minimum absolute atomic E-state index is 0.716. The Kier molecular flexibility index (Phi) is 7.28. The van der Waals surface area contributed by atoms with Gasteiger partial charge in [0.05, 0.1) is 33.3 Å². The van der Waals surface area contributed by atoms with Crippen molar-refractivity contribution in [2.75, 3.05) is 0 Å². The molecule has 0 fully saturated rings. The van der Waals surface area contributed by atoms with Gasteiger partial charge in [-0.2, -0.15) is 0 Å². The molecule has 3 aliphatic carbocycles. The summed E-state index contributed by atoms with van der Waals surface area (Å²) in [6, 6.07) is 42.7. The van der Waals surface area contributed by atoms with Crippen LogP contribution in [0.25, 0.3) is 93.6 Å². The summed E-state index contributed by atoms with van der Waals surface area (Å²) in [6.07, 6.45) is 22.8. The summed E-state index contributed by atoms with van der Waals surface area (Å²) >= 11 is 1.89. The molecule has 4 nitrogen and oxygen atoms in total. The molecule has 4 aliphatic rings. The van der Waals surface area contributed by atoms with Gasteiger partial charge >= 0.3 is 0 Å². The number of para-hydroxylation sites is 1. The van der Waals surface area contributed by atoms with E-state index >= 15 is 0 Å². The van der Waals surface area contributed by atoms with Gasteiger partial charge < -0.3 is 4.57 Å². The van der Waals surface area contributed by atoms with Gasteiger partial charge in [-0.3, -0.25) is 4.57 Å². The number of nitrogens with zero attached hydrogens (tertiary/aromatic N) is 4. The lowest BCUT2D eigenvalue weighted by atomic mass is 9.91. The van der Waals surface area contributed by atoms with Crippen LogP contribution in [0.3, 0.4) is 0 Å². The van der Waals surface area contributed by atoms with Crippen molar-refractivity contribution in [3.63, 3.8) is 0 Å². The number of fused-ring (bicyclic) bond motifs is 9. The molecule has 0 bridgehead atoms. The monoisotopic (exact) mass is 774 g/mol. The molecule has 280 valence electrons. The quantitative estimate of drug-likeness (QED) is 0.179. The molecule has 5 heteroatoms. The second kappa shape index (κ2) is 12.9. The van der Waals surface area contributed by atoms with Crippen molar-refractivity contribution in [1.29, 1.82) is 0 Å². The first kappa shape index (κ1) is 33.3. The number of hydrogen-bond donors (Lipinski definition) is 0. The maximum absolute atomic E-state index is 5.41. The molecular formula is C54H38N4S. The van der Waals surface area contributed by atoms with Crippen molar-refractivity contribution in [3.8, 4) is 17.1 Å². The molecule has 0 saturated heterocycles. The molecule has 0 saturated carbocycles. The Labute approximate surface area is 345 Å². The van der Waals surface area contributed by atoms with Crippen molar-refractivity contribution in [3.05, 3.63) is 180 Å². The third-order valence-corrected chi connectivity index (χ3v) is 14.1. The Morgan fingerprint density at radius 1 is 0.559 bits per heavy atom. The van der Waals surface area contributed by atoms with Crippen molar-refractivity contribution < 1.29 is 0 Å². The molecule has 13 rings (SSSR count). The van der Waals surface area contributed by atoms with E-state index in [1.165, 1.54) is 86.7 Å². The maximum Gasteiger partial charge on any atom is 0.235 e. The fraction of sp³-hybridized carbons (Fsp3) is 0.111. The first-order valence-electron chi connectivity index (χ1n) is 20.9. The number of benzene rings is 6. The van der Waals surface area contributed by atoms with Crippen molar-refractivity contribution in [1.82, 2.24) is 19.1 Å². The molecule has 1 aliphatic heterocycles. The molecule has 0 amide bonds. The van der Waals surface area contributed by atoms with E-state index in [4.69, 9.17) is 9.97 Å². The molecule has 59 heavy (non-hydrogen) atoms. The summed E-state index contributed by atoms with van der Waals surface area (Å²) < 4.78 is 4.78. The van der Waals surface area contributed by atoms with E-state index in [2.05, 4.69) is 167 Å². The van der Waals surface area contributed by atoms with Crippen molar-refractivity contribution in [2.24, 2.45) is 0 Å². The summed E-state index contributed by atoms with van der Waals surface area (Å²) in [5.41, 5.74) is 14.6. The molecule has 4 heterocycles. The van der Waals surface area contributed by atoms with Crippen LogP contribution >= 0.6 is 11.8 Å². The van der Waals surface area contributed by atoms with Gasteiger partial charge in [-0.05, 0) is 131 Å². The molecule has 0 N–H and O–H groups in total. The van der Waals surface area contributed by atoms with Crippen LogP contribution in [0.15, 0.2) is 179 Å². The lowest BCUT2D eigenvalue weighted by Gasteiger charge is -2.23. The number of rotatable bonds is 4. The number of aromatic nitrogens is 4. The zero-order valence-corrected chi connectivity index (χ0v) is 33.3.